The van der Waals surface area contributed by atoms with Gasteiger partial charge >= 0.3 is 0 Å². The van der Waals surface area contributed by atoms with Crippen LogP contribution in [0.25, 0.3) is 22.6 Å². The first-order valence-corrected chi connectivity index (χ1v) is 7.78. The predicted molar refractivity (Wildman–Crippen MR) is 81.3 cm³/mol. The molecule has 2 saturated carbocycles. The van der Waals surface area contributed by atoms with Gasteiger partial charge in [0.05, 0.1) is 11.6 Å². The number of benzene rings is 1. The smallest absolute Gasteiger partial charge is 0.231 e. The van der Waals surface area contributed by atoms with Crippen molar-refractivity contribution < 1.29 is 9.32 Å². The van der Waals surface area contributed by atoms with Crippen LogP contribution in [0.3, 0.4) is 0 Å². The highest BCUT2D eigenvalue weighted by molar-refractivity contribution is 5.88. The average molecular weight is 306 g/mol. The Balaban J connectivity index is 1.39. The monoisotopic (exact) mass is 306 g/mol. The Morgan fingerprint density at radius 2 is 1.91 bits per heavy atom. The number of hydrogen-bond donors (Lipinski definition) is 1. The molecule has 2 heterocycles. The molecule has 1 aromatic carbocycles. The van der Waals surface area contributed by atoms with Crippen LogP contribution in [0.4, 0.5) is 0 Å². The van der Waals surface area contributed by atoms with E-state index in [1.54, 1.807) is 6.20 Å². The summed E-state index contributed by atoms with van der Waals surface area (Å²) in [5.41, 5.74) is 2.92. The van der Waals surface area contributed by atoms with Gasteiger partial charge in [-0.1, -0.05) is 29.4 Å². The zero-order valence-corrected chi connectivity index (χ0v) is 12.3. The van der Waals surface area contributed by atoms with Crippen LogP contribution in [0, 0.1) is 11.8 Å². The Morgan fingerprint density at radius 1 is 1.09 bits per heavy atom. The number of rotatable bonds is 3. The van der Waals surface area contributed by atoms with E-state index in [0.717, 1.165) is 23.2 Å². The third-order valence-electron chi connectivity index (χ3n) is 4.95. The summed E-state index contributed by atoms with van der Waals surface area (Å²) >= 11 is 0. The number of aromatic nitrogens is 4. The molecular weight excluding hydrogens is 292 g/mol. The molecule has 0 saturated heterocycles. The van der Waals surface area contributed by atoms with Gasteiger partial charge in [0.15, 0.2) is 0 Å². The summed E-state index contributed by atoms with van der Waals surface area (Å²) in [6, 6.07) is 9.83. The minimum absolute atomic E-state index is 0.131. The third-order valence-corrected chi connectivity index (χ3v) is 4.95. The molecule has 0 spiro atoms. The van der Waals surface area contributed by atoms with Crippen molar-refractivity contribution in [2.45, 2.75) is 18.8 Å². The predicted octanol–water partition coefficient (Wildman–Crippen LogP) is 2.82. The van der Waals surface area contributed by atoms with E-state index in [4.69, 9.17) is 4.52 Å². The summed E-state index contributed by atoms with van der Waals surface area (Å²) in [5.74, 6) is 2.25. The molecule has 23 heavy (non-hydrogen) atoms. The van der Waals surface area contributed by atoms with Gasteiger partial charge in [0.1, 0.15) is 5.78 Å². The Kier molecular flexibility index (Phi) is 2.56. The fourth-order valence-electron chi connectivity index (χ4n) is 3.69. The number of aromatic amines is 1. The largest absolute Gasteiger partial charge is 0.339 e. The quantitative estimate of drug-likeness (QED) is 0.804. The number of nitrogens with one attached hydrogen (secondary N) is 1. The van der Waals surface area contributed by atoms with Crippen LogP contribution in [0.2, 0.25) is 0 Å². The number of H-pyrrole nitrogens is 1. The van der Waals surface area contributed by atoms with E-state index in [1.807, 2.05) is 30.3 Å². The first-order valence-electron chi connectivity index (χ1n) is 7.78. The van der Waals surface area contributed by atoms with Crippen LogP contribution in [0.15, 0.2) is 41.1 Å². The van der Waals surface area contributed by atoms with Crippen LogP contribution in [0.5, 0.6) is 0 Å². The van der Waals surface area contributed by atoms with Gasteiger partial charge in [0.25, 0.3) is 0 Å². The van der Waals surface area contributed by atoms with E-state index >= 15 is 0 Å². The Hall–Kier alpha value is -2.76. The number of Topliss-reactive ketones (excluding diaryl/α,β-unsaturated/α-hetero) is 1. The normalized spacial score (nSPS) is 25.6. The summed E-state index contributed by atoms with van der Waals surface area (Å²) in [7, 11) is 0. The lowest BCUT2D eigenvalue weighted by molar-refractivity contribution is -0.119. The second-order valence-corrected chi connectivity index (χ2v) is 6.22. The molecule has 6 nitrogen and oxygen atoms in total. The van der Waals surface area contributed by atoms with Gasteiger partial charge < -0.3 is 4.52 Å². The van der Waals surface area contributed by atoms with E-state index in [0.29, 0.717) is 29.8 Å². The maximum absolute atomic E-state index is 11.7. The van der Waals surface area contributed by atoms with Gasteiger partial charge in [0, 0.05) is 24.1 Å². The van der Waals surface area contributed by atoms with Gasteiger partial charge in [-0.05, 0) is 24.0 Å². The second kappa shape index (κ2) is 4.62. The molecule has 0 amide bonds. The first kappa shape index (κ1) is 12.8. The van der Waals surface area contributed by atoms with Crippen LogP contribution in [0.1, 0.15) is 24.7 Å². The van der Waals surface area contributed by atoms with Gasteiger partial charge in [-0.3, -0.25) is 9.89 Å². The van der Waals surface area contributed by atoms with Gasteiger partial charge in [0.2, 0.25) is 11.7 Å². The van der Waals surface area contributed by atoms with Crippen molar-refractivity contribution in [3.63, 3.8) is 0 Å². The molecule has 1 N–H and O–H groups in total. The van der Waals surface area contributed by atoms with Crippen molar-refractivity contribution >= 4 is 5.78 Å². The summed E-state index contributed by atoms with van der Waals surface area (Å²) in [5, 5.41) is 11.0. The minimum Gasteiger partial charge on any atom is -0.339 e. The standard InChI is InChI=1S/C17H14N4O2/c22-13-6-5-11-14(13)15(11)17-19-16(21-23-17)10-3-1-9(2-4-10)12-7-8-18-20-12/h1-4,7-8,11,14-15H,5-6H2,(H,18,20). The Labute approximate surface area is 131 Å². The Morgan fingerprint density at radius 3 is 2.61 bits per heavy atom. The van der Waals surface area contributed by atoms with Crippen molar-refractivity contribution in [1.82, 2.24) is 20.3 Å². The topological polar surface area (TPSA) is 84.7 Å². The number of carbonyl (C=O) groups excluding carboxylic acids is 1. The summed E-state index contributed by atoms with van der Waals surface area (Å²) < 4.78 is 5.40. The molecule has 6 heteroatoms. The van der Waals surface area contributed by atoms with Crippen LogP contribution >= 0.6 is 0 Å². The van der Waals surface area contributed by atoms with Crippen LogP contribution in [-0.4, -0.2) is 26.1 Å². The maximum Gasteiger partial charge on any atom is 0.231 e. The van der Waals surface area contributed by atoms with Crippen molar-refractivity contribution in [2.24, 2.45) is 11.8 Å². The number of fused-ring (bicyclic) bond motifs is 1. The van der Waals surface area contributed by atoms with E-state index in [-0.39, 0.29) is 11.8 Å². The lowest BCUT2D eigenvalue weighted by Crippen LogP contribution is -1.98. The van der Waals surface area contributed by atoms with E-state index in [2.05, 4.69) is 20.3 Å². The van der Waals surface area contributed by atoms with Crippen LogP contribution in [-0.2, 0) is 4.79 Å². The highest BCUT2D eigenvalue weighted by atomic mass is 16.5. The second-order valence-electron chi connectivity index (χ2n) is 6.22. The first-order chi connectivity index (χ1) is 11.3. The van der Waals surface area contributed by atoms with Gasteiger partial charge in [-0.2, -0.15) is 10.1 Å². The van der Waals surface area contributed by atoms with Gasteiger partial charge in [-0.15, -0.1) is 0 Å². The summed E-state index contributed by atoms with van der Waals surface area (Å²) in [4.78, 5) is 16.2. The molecule has 0 bridgehead atoms. The molecule has 5 rings (SSSR count). The molecule has 2 aromatic heterocycles. The molecule has 3 aromatic rings. The van der Waals surface area contributed by atoms with Crippen molar-refractivity contribution in [1.29, 1.82) is 0 Å². The minimum atomic E-state index is 0.131. The molecule has 3 unspecified atom stereocenters. The highest BCUT2D eigenvalue weighted by Gasteiger charge is 2.61. The number of carbonyl (C=O) groups is 1. The molecule has 2 fully saturated rings. The molecule has 3 atom stereocenters. The van der Waals surface area contributed by atoms with Crippen molar-refractivity contribution in [2.75, 3.05) is 0 Å². The fraction of sp³-hybridized carbons (Fsp3) is 0.294. The zero-order valence-electron chi connectivity index (χ0n) is 12.3. The number of hydrogen-bond acceptors (Lipinski definition) is 5. The molecule has 0 aliphatic heterocycles. The SMILES string of the molecule is O=C1CCC2C1C2c1nc(-c2ccc(-c3ccn[nH]3)cc2)no1. The van der Waals surface area contributed by atoms with Crippen molar-refractivity contribution in [3.05, 3.63) is 42.4 Å². The fourth-order valence-corrected chi connectivity index (χ4v) is 3.69. The lowest BCUT2D eigenvalue weighted by Gasteiger charge is -1.98. The summed E-state index contributed by atoms with van der Waals surface area (Å²) in [6.07, 6.45) is 3.40. The van der Waals surface area contributed by atoms with E-state index in [1.165, 1.54) is 0 Å². The molecule has 114 valence electrons. The highest BCUT2D eigenvalue weighted by Crippen LogP contribution is 2.61. The summed E-state index contributed by atoms with van der Waals surface area (Å²) in [6.45, 7) is 0. The van der Waals surface area contributed by atoms with E-state index in [9.17, 15) is 4.79 Å². The maximum atomic E-state index is 11.7. The zero-order chi connectivity index (χ0) is 15.4. The van der Waals surface area contributed by atoms with Crippen molar-refractivity contribution in [3.8, 4) is 22.6 Å². The number of nitrogens with zero attached hydrogens (tertiary/aromatic N) is 3. The van der Waals surface area contributed by atoms with Crippen LogP contribution < -0.4 is 0 Å². The third kappa shape index (κ3) is 1.94. The lowest BCUT2D eigenvalue weighted by atomic mass is 10.1. The number of ketones is 1. The van der Waals surface area contributed by atoms with Gasteiger partial charge in [-0.25, -0.2) is 0 Å². The Bertz CT molecular complexity index is 866. The molecular formula is C17H14N4O2. The molecule has 2 aliphatic carbocycles. The van der Waals surface area contributed by atoms with E-state index < -0.39 is 0 Å². The molecule has 0 radical (unpaired) electrons. The average Bonchev–Trinajstić information content (AvgIpc) is 3.06. The molecule has 2 aliphatic rings.